The number of aryl methyl sites for hydroxylation is 1. The van der Waals surface area contributed by atoms with Gasteiger partial charge in [0.05, 0.1) is 5.56 Å². The van der Waals surface area contributed by atoms with Crippen molar-refractivity contribution in [2.24, 2.45) is 0 Å². The first-order valence-electron chi connectivity index (χ1n) is 5.28. The lowest BCUT2D eigenvalue weighted by Gasteiger charge is -2.03. The molecule has 0 unspecified atom stereocenters. The Labute approximate surface area is 94.5 Å². The molecule has 1 heterocycles. The van der Waals surface area contributed by atoms with E-state index in [1.165, 1.54) is 0 Å². The molecule has 84 valence electrons. The molecule has 1 aromatic heterocycles. The van der Waals surface area contributed by atoms with Crippen LogP contribution in [0, 0.1) is 6.92 Å². The third kappa shape index (κ3) is 1.78. The van der Waals surface area contributed by atoms with Crippen LogP contribution in [0.3, 0.4) is 0 Å². The van der Waals surface area contributed by atoms with Gasteiger partial charge in [-0.2, -0.15) is 4.98 Å². The van der Waals surface area contributed by atoms with Crippen LogP contribution >= 0.6 is 0 Å². The number of nitrogens with two attached hydrogens (primary N) is 1. The summed E-state index contributed by atoms with van der Waals surface area (Å²) in [5.74, 6) is 1.45. The molecule has 2 N–H and O–H groups in total. The Kier molecular flexibility index (Phi) is 2.64. The van der Waals surface area contributed by atoms with Crippen LogP contribution in [0.2, 0.25) is 0 Å². The molecule has 0 fully saturated rings. The van der Waals surface area contributed by atoms with Crippen molar-refractivity contribution in [1.82, 2.24) is 10.1 Å². The molecular formula is C12H15N3O. The number of para-hydroxylation sites is 1. The normalized spacial score (nSPS) is 11.0. The second-order valence-corrected chi connectivity index (χ2v) is 4.15. The Balaban J connectivity index is 2.47. The molecule has 2 rings (SSSR count). The predicted molar refractivity (Wildman–Crippen MR) is 63.0 cm³/mol. The molecule has 0 saturated carbocycles. The number of aromatic nitrogens is 2. The van der Waals surface area contributed by atoms with Gasteiger partial charge < -0.3 is 10.3 Å². The van der Waals surface area contributed by atoms with Gasteiger partial charge in [0.25, 0.3) is 5.89 Å². The minimum atomic E-state index is 0.253. The summed E-state index contributed by atoms with van der Waals surface area (Å²) in [6, 6.07) is 5.78. The van der Waals surface area contributed by atoms with Crippen molar-refractivity contribution in [2.75, 3.05) is 5.73 Å². The molecule has 0 aliphatic rings. The van der Waals surface area contributed by atoms with Crippen LogP contribution in [-0.4, -0.2) is 10.1 Å². The fourth-order valence-electron chi connectivity index (χ4n) is 1.45. The standard InChI is InChI=1S/C12H15N3O/c1-7(2)11-14-12(16-15-11)9-6-4-5-8(3)10(9)13/h4-7H,13H2,1-3H3. The van der Waals surface area contributed by atoms with Gasteiger partial charge in [-0.1, -0.05) is 31.1 Å². The molecule has 0 bridgehead atoms. The molecule has 4 heteroatoms. The Morgan fingerprint density at radius 3 is 2.69 bits per heavy atom. The molecule has 0 spiro atoms. The van der Waals surface area contributed by atoms with Gasteiger partial charge in [-0.15, -0.1) is 0 Å². The van der Waals surface area contributed by atoms with E-state index in [0.717, 1.165) is 11.1 Å². The molecule has 0 atom stereocenters. The van der Waals surface area contributed by atoms with E-state index in [4.69, 9.17) is 10.3 Å². The molecule has 1 aromatic carbocycles. The van der Waals surface area contributed by atoms with Crippen molar-refractivity contribution in [1.29, 1.82) is 0 Å². The maximum absolute atomic E-state index is 5.97. The molecule has 16 heavy (non-hydrogen) atoms. The fourth-order valence-corrected chi connectivity index (χ4v) is 1.45. The smallest absolute Gasteiger partial charge is 0.260 e. The maximum atomic E-state index is 5.97. The van der Waals surface area contributed by atoms with Gasteiger partial charge in [-0.25, -0.2) is 0 Å². The first-order chi connectivity index (χ1) is 7.59. The zero-order chi connectivity index (χ0) is 11.7. The lowest BCUT2D eigenvalue weighted by molar-refractivity contribution is 0.419. The Bertz CT molecular complexity index is 503. The highest BCUT2D eigenvalue weighted by Gasteiger charge is 2.14. The van der Waals surface area contributed by atoms with Crippen LogP contribution in [0.5, 0.6) is 0 Å². The molecular weight excluding hydrogens is 202 g/mol. The number of anilines is 1. The van der Waals surface area contributed by atoms with E-state index in [1.807, 2.05) is 39.0 Å². The highest BCUT2D eigenvalue weighted by atomic mass is 16.5. The van der Waals surface area contributed by atoms with Gasteiger partial charge in [0, 0.05) is 11.6 Å². The summed E-state index contributed by atoms with van der Waals surface area (Å²) in [6.45, 7) is 6.00. The number of nitrogen functional groups attached to an aromatic ring is 1. The molecule has 0 aliphatic heterocycles. The van der Waals surface area contributed by atoms with Crippen LogP contribution < -0.4 is 5.73 Å². The van der Waals surface area contributed by atoms with E-state index < -0.39 is 0 Å². The first-order valence-corrected chi connectivity index (χ1v) is 5.28. The monoisotopic (exact) mass is 217 g/mol. The SMILES string of the molecule is Cc1cccc(-c2nc(C(C)C)no2)c1N. The lowest BCUT2D eigenvalue weighted by Crippen LogP contribution is -1.94. The summed E-state index contributed by atoms with van der Waals surface area (Å²) in [5.41, 5.74) is 8.49. The number of rotatable bonds is 2. The van der Waals surface area contributed by atoms with Crippen molar-refractivity contribution in [3.8, 4) is 11.5 Å². The quantitative estimate of drug-likeness (QED) is 0.785. The van der Waals surface area contributed by atoms with Gasteiger partial charge >= 0.3 is 0 Å². The minimum Gasteiger partial charge on any atom is -0.398 e. The summed E-state index contributed by atoms with van der Waals surface area (Å²) in [7, 11) is 0. The Morgan fingerprint density at radius 2 is 2.06 bits per heavy atom. The van der Waals surface area contributed by atoms with Gasteiger partial charge in [0.15, 0.2) is 5.82 Å². The molecule has 2 aromatic rings. The van der Waals surface area contributed by atoms with Crippen molar-refractivity contribution in [3.63, 3.8) is 0 Å². The summed E-state index contributed by atoms with van der Waals surface area (Å²) >= 11 is 0. The van der Waals surface area contributed by atoms with Gasteiger partial charge in [-0.3, -0.25) is 0 Å². The maximum Gasteiger partial charge on any atom is 0.260 e. The van der Waals surface area contributed by atoms with E-state index in [9.17, 15) is 0 Å². The summed E-state index contributed by atoms with van der Waals surface area (Å²) in [4.78, 5) is 4.32. The zero-order valence-electron chi connectivity index (χ0n) is 9.69. The van der Waals surface area contributed by atoms with E-state index in [1.54, 1.807) is 0 Å². The van der Waals surface area contributed by atoms with Crippen LogP contribution in [0.1, 0.15) is 31.2 Å². The van der Waals surface area contributed by atoms with E-state index >= 15 is 0 Å². The number of benzene rings is 1. The molecule has 0 amide bonds. The highest BCUT2D eigenvalue weighted by Crippen LogP contribution is 2.27. The van der Waals surface area contributed by atoms with Crippen LogP contribution in [0.4, 0.5) is 5.69 Å². The fraction of sp³-hybridized carbons (Fsp3) is 0.333. The zero-order valence-corrected chi connectivity index (χ0v) is 9.69. The second-order valence-electron chi connectivity index (χ2n) is 4.15. The Morgan fingerprint density at radius 1 is 1.31 bits per heavy atom. The number of hydrogen-bond donors (Lipinski definition) is 1. The summed E-state index contributed by atoms with van der Waals surface area (Å²) in [5, 5.41) is 3.92. The minimum absolute atomic E-state index is 0.253. The van der Waals surface area contributed by atoms with Crippen LogP contribution in [-0.2, 0) is 0 Å². The number of hydrogen-bond acceptors (Lipinski definition) is 4. The molecule has 0 saturated heterocycles. The van der Waals surface area contributed by atoms with Gasteiger partial charge in [0.2, 0.25) is 0 Å². The third-order valence-corrected chi connectivity index (χ3v) is 2.51. The third-order valence-electron chi connectivity index (χ3n) is 2.51. The van der Waals surface area contributed by atoms with Gasteiger partial charge in [0.1, 0.15) is 0 Å². The van der Waals surface area contributed by atoms with Crippen molar-refractivity contribution in [3.05, 3.63) is 29.6 Å². The van der Waals surface area contributed by atoms with Crippen molar-refractivity contribution in [2.45, 2.75) is 26.7 Å². The van der Waals surface area contributed by atoms with E-state index in [2.05, 4.69) is 10.1 Å². The van der Waals surface area contributed by atoms with Crippen LogP contribution in [0.15, 0.2) is 22.7 Å². The topological polar surface area (TPSA) is 64.9 Å². The van der Waals surface area contributed by atoms with Crippen molar-refractivity contribution >= 4 is 5.69 Å². The molecule has 0 aliphatic carbocycles. The lowest BCUT2D eigenvalue weighted by atomic mass is 10.1. The van der Waals surface area contributed by atoms with E-state index in [-0.39, 0.29) is 5.92 Å². The van der Waals surface area contributed by atoms with Crippen molar-refractivity contribution < 1.29 is 4.52 Å². The van der Waals surface area contributed by atoms with E-state index in [0.29, 0.717) is 17.4 Å². The van der Waals surface area contributed by atoms with Crippen LogP contribution in [0.25, 0.3) is 11.5 Å². The summed E-state index contributed by atoms with van der Waals surface area (Å²) in [6.07, 6.45) is 0. The average Bonchev–Trinajstić information content (AvgIpc) is 2.71. The molecule has 0 radical (unpaired) electrons. The summed E-state index contributed by atoms with van der Waals surface area (Å²) < 4.78 is 5.21. The molecule has 4 nitrogen and oxygen atoms in total. The highest BCUT2D eigenvalue weighted by molar-refractivity contribution is 5.73. The number of nitrogens with zero attached hydrogens (tertiary/aromatic N) is 2. The largest absolute Gasteiger partial charge is 0.398 e. The first kappa shape index (κ1) is 10.7. The Hall–Kier alpha value is -1.84. The average molecular weight is 217 g/mol. The predicted octanol–water partition coefficient (Wildman–Crippen LogP) is 2.75. The van der Waals surface area contributed by atoms with Gasteiger partial charge in [-0.05, 0) is 18.6 Å². The second kappa shape index (κ2) is 3.96.